The van der Waals surface area contributed by atoms with Gasteiger partial charge < -0.3 is 20.5 Å². The van der Waals surface area contributed by atoms with Gasteiger partial charge >= 0.3 is 6.01 Å². The molecule has 2 aromatic heterocycles. The SMILES string of the molecule is CCOc1nc(N)cc(Oc2ccc(-c3nc(Nc4cccc(C)c4)n[nH]3)cc2)n1. The number of aromatic amines is 1. The van der Waals surface area contributed by atoms with Gasteiger partial charge in [0, 0.05) is 17.3 Å². The third-order valence-electron chi connectivity index (χ3n) is 4.09. The number of nitrogens with two attached hydrogens (primary N) is 1. The minimum atomic E-state index is 0.180. The van der Waals surface area contributed by atoms with E-state index < -0.39 is 0 Å². The number of aromatic nitrogens is 5. The summed E-state index contributed by atoms with van der Waals surface area (Å²) in [6.45, 7) is 4.32. The van der Waals surface area contributed by atoms with Gasteiger partial charge in [-0.15, -0.1) is 5.10 Å². The molecule has 2 aromatic carbocycles. The van der Waals surface area contributed by atoms with E-state index in [9.17, 15) is 0 Å². The number of benzene rings is 2. The topological polar surface area (TPSA) is 124 Å². The second-order valence-electron chi connectivity index (χ2n) is 6.48. The number of nitrogens with zero attached hydrogens (tertiary/aromatic N) is 4. The van der Waals surface area contributed by atoms with Crippen LogP contribution in [-0.4, -0.2) is 31.8 Å². The molecular weight excluding hydrogens is 382 g/mol. The summed E-state index contributed by atoms with van der Waals surface area (Å²) in [6.07, 6.45) is 0. The van der Waals surface area contributed by atoms with Crippen LogP contribution in [0.4, 0.5) is 17.5 Å². The van der Waals surface area contributed by atoms with Crippen LogP contribution in [0.25, 0.3) is 11.4 Å². The van der Waals surface area contributed by atoms with E-state index in [1.54, 1.807) is 0 Å². The molecule has 30 heavy (non-hydrogen) atoms. The lowest BCUT2D eigenvalue weighted by molar-refractivity contribution is 0.307. The molecule has 0 aliphatic heterocycles. The summed E-state index contributed by atoms with van der Waals surface area (Å²) >= 11 is 0. The van der Waals surface area contributed by atoms with Gasteiger partial charge in [0.1, 0.15) is 11.6 Å². The van der Waals surface area contributed by atoms with Crippen molar-refractivity contribution in [2.75, 3.05) is 17.7 Å². The third kappa shape index (κ3) is 4.64. The molecule has 0 atom stereocenters. The Morgan fingerprint density at radius 3 is 2.63 bits per heavy atom. The van der Waals surface area contributed by atoms with Crippen LogP contribution in [0.15, 0.2) is 54.6 Å². The zero-order chi connectivity index (χ0) is 20.9. The van der Waals surface area contributed by atoms with Gasteiger partial charge in [-0.1, -0.05) is 12.1 Å². The maximum absolute atomic E-state index is 5.77. The highest BCUT2D eigenvalue weighted by atomic mass is 16.5. The highest BCUT2D eigenvalue weighted by Crippen LogP contribution is 2.26. The molecule has 0 bridgehead atoms. The lowest BCUT2D eigenvalue weighted by atomic mass is 10.2. The Morgan fingerprint density at radius 2 is 1.87 bits per heavy atom. The fraction of sp³-hybridized carbons (Fsp3) is 0.143. The summed E-state index contributed by atoms with van der Waals surface area (Å²) in [6, 6.07) is 17.1. The Kier molecular flexibility index (Phi) is 5.42. The fourth-order valence-electron chi connectivity index (χ4n) is 2.77. The molecular formula is C21H21N7O2. The number of anilines is 3. The first kappa shape index (κ1) is 19.2. The summed E-state index contributed by atoms with van der Waals surface area (Å²) in [5, 5.41) is 10.3. The quantitative estimate of drug-likeness (QED) is 0.421. The maximum atomic E-state index is 5.77. The average Bonchev–Trinajstić information content (AvgIpc) is 3.17. The molecule has 4 N–H and O–H groups in total. The van der Waals surface area contributed by atoms with Crippen LogP contribution >= 0.6 is 0 Å². The number of rotatable bonds is 7. The van der Waals surface area contributed by atoms with Gasteiger partial charge in [0.2, 0.25) is 11.8 Å². The second-order valence-corrected chi connectivity index (χ2v) is 6.48. The molecule has 4 aromatic rings. The smallest absolute Gasteiger partial charge is 0.321 e. The van der Waals surface area contributed by atoms with Crippen molar-refractivity contribution in [3.63, 3.8) is 0 Å². The van der Waals surface area contributed by atoms with E-state index in [2.05, 4.69) is 30.5 Å². The first-order chi connectivity index (χ1) is 14.6. The van der Waals surface area contributed by atoms with E-state index in [1.807, 2.05) is 62.4 Å². The molecule has 152 valence electrons. The van der Waals surface area contributed by atoms with Gasteiger partial charge in [0.15, 0.2) is 5.82 Å². The number of hydrogen-bond donors (Lipinski definition) is 3. The van der Waals surface area contributed by atoms with Crippen molar-refractivity contribution in [3.8, 4) is 29.0 Å². The summed E-state index contributed by atoms with van der Waals surface area (Å²) in [4.78, 5) is 12.7. The predicted octanol–water partition coefficient (Wildman–Crippen LogP) is 4.09. The first-order valence-corrected chi connectivity index (χ1v) is 9.41. The molecule has 0 aliphatic carbocycles. The normalized spacial score (nSPS) is 10.6. The standard InChI is InChI=1S/C21H21N7O2/c1-3-29-21-24-17(22)12-18(25-21)30-16-9-7-14(8-10-16)19-26-20(28-27-19)23-15-6-4-5-13(2)11-15/h4-12H,3H2,1-2H3,(H2,22,24,25)(H2,23,26,27,28). The molecule has 0 spiro atoms. The van der Waals surface area contributed by atoms with Crippen molar-refractivity contribution in [3.05, 3.63) is 60.2 Å². The van der Waals surface area contributed by atoms with Crippen LogP contribution in [0.5, 0.6) is 17.6 Å². The Hall–Kier alpha value is -4.14. The Morgan fingerprint density at radius 1 is 1.03 bits per heavy atom. The third-order valence-corrected chi connectivity index (χ3v) is 4.09. The molecule has 0 unspecified atom stereocenters. The molecule has 9 nitrogen and oxygen atoms in total. The highest BCUT2D eigenvalue weighted by Gasteiger charge is 2.09. The van der Waals surface area contributed by atoms with Crippen molar-refractivity contribution >= 4 is 17.5 Å². The monoisotopic (exact) mass is 403 g/mol. The zero-order valence-corrected chi connectivity index (χ0v) is 16.6. The molecule has 0 aliphatic rings. The molecule has 0 radical (unpaired) electrons. The summed E-state index contributed by atoms with van der Waals surface area (Å²) in [7, 11) is 0. The largest absolute Gasteiger partial charge is 0.464 e. The fourth-order valence-corrected chi connectivity index (χ4v) is 2.77. The van der Waals surface area contributed by atoms with E-state index in [-0.39, 0.29) is 11.8 Å². The predicted molar refractivity (Wildman–Crippen MR) is 114 cm³/mol. The molecule has 0 saturated heterocycles. The van der Waals surface area contributed by atoms with Crippen molar-refractivity contribution < 1.29 is 9.47 Å². The van der Waals surface area contributed by atoms with Gasteiger partial charge in [-0.3, -0.25) is 5.10 Å². The van der Waals surface area contributed by atoms with E-state index in [4.69, 9.17) is 15.2 Å². The number of nitrogen functional groups attached to an aromatic ring is 1. The molecule has 0 fully saturated rings. The second kappa shape index (κ2) is 8.48. The number of H-pyrrole nitrogens is 1. The molecule has 2 heterocycles. The van der Waals surface area contributed by atoms with E-state index >= 15 is 0 Å². The Labute approximate surface area is 173 Å². The van der Waals surface area contributed by atoms with Gasteiger partial charge in [0.05, 0.1) is 6.61 Å². The molecule has 4 rings (SSSR count). The van der Waals surface area contributed by atoms with Crippen molar-refractivity contribution in [2.45, 2.75) is 13.8 Å². The van der Waals surface area contributed by atoms with Crippen LogP contribution in [0.3, 0.4) is 0 Å². The summed E-state index contributed by atoms with van der Waals surface area (Å²) in [5.41, 5.74) is 8.73. The number of nitrogens with one attached hydrogen (secondary N) is 2. The molecule has 9 heteroatoms. The number of aryl methyl sites for hydroxylation is 1. The van der Waals surface area contributed by atoms with Gasteiger partial charge in [0.25, 0.3) is 0 Å². The van der Waals surface area contributed by atoms with Crippen LogP contribution in [0.2, 0.25) is 0 Å². The van der Waals surface area contributed by atoms with Crippen LogP contribution in [0, 0.1) is 6.92 Å². The Bertz CT molecular complexity index is 1140. The van der Waals surface area contributed by atoms with Gasteiger partial charge in [-0.25, -0.2) is 0 Å². The minimum absolute atomic E-state index is 0.180. The van der Waals surface area contributed by atoms with Crippen molar-refractivity contribution in [2.24, 2.45) is 0 Å². The number of ether oxygens (including phenoxy) is 2. The van der Waals surface area contributed by atoms with E-state index in [1.165, 1.54) is 6.07 Å². The van der Waals surface area contributed by atoms with Gasteiger partial charge in [-0.05, 0) is 55.8 Å². The maximum Gasteiger partial charge on any atom is 0.321 e. The highest BCUT2D eigenvalue weighted by molar-refractivity contribution is 5.60. The summed E-state index contributed by atoms with van der Waals surface area (Å²) < 4.78 is 11.0. The van der Waals surface area contributed by atoms with Gasteiger partial charge in [-0.2, -0.15) is 15.0 Å². The Balaban J connectivity index is 1.46. The van der Waals surface area contributed by atoms with Crippen LogP contribution in [-0.2, 0) is 0 Å². The summed E-state index contributed by atoms with van der Waals surface area (Å²) in [5.74, 6) is 2.31. The van der Waals surface area contributed by atoms with Crippen molar-refractivity contribution in [1.82, 2.24) is 25.1 Å². The van der Waals surface area contributed by atoms with E-state index in [0.717, 1.165) is 16.8 Å². The molecule has 0 saturated carbocycles. The van der Waals surface area contributed by atoms with Crippen LogP contribution in [0.1, 0.15) is 12.5 Å². The lowest BCUT2D eigenvalue weighted by Crippen LogP contribution is -2.01. The average molecular weight is 403 g/mol. The zero-order valence-electron chi connectivity index (χ0n) is 16.6. The minimum Gasteiger partial charge on any atom is -0.464 e. The van der Waals surface area contributed by atoms with E-state index in [0.29, 0.717) is 30.0 Å². The number of hydrogen-bond acceptors (Lipinski definition) is 8. The van der Waals surface area contributed by atoms with Crippen LogP contribution < -0.4 is 20.5 Å². The molecule has 0 amide bonds. The lowest BCUT2D eigenvalue weighted by Gasteiger charge is -2.08. The first-order valence-electron chi connectivity index (χ1n) is 9.41. The van der Waals surface area contributed by atoms with Crippen molar-refractivity contribution in [1.29, 1.82) is 0 Å².